The highest BCUT2D eigenvalue weighted by molar-refractivity contribution is 6.04. The third kappa shape index (κ3) is 3.19. The molecule has 0 unspecified atom stereocenters. The van der Waals surface area contributed by atoms with Crippen LogP contribution in [0.4, 0.5) is 0 Å². The normalized spacial score (nSPS) is 17.6. The summed E-state index contributed by atoms with van der Waals surface area (Å²) in [6, 6.07) is 7.11. The number of carbonyl (C=O) groups is 1. The summed E-state index contributed by atoms with van der Waals surface area (Å²) in [6.45, 7) is 3.46. The maximum atomic E-state index is 12.8. The topological polar surface area (TPSA) is 75.4 Å². The van der Waals surface area contributed by atoms with Crippen LogP contribution in [-0.2, 0) is 6.54 Å². The fourth-order valence-corrected chi connectivity index (χ4v) is 3.13. The van der Waals surface area contributed by atoms with Crippen LogP contribution in [0.5, 0.6) is 0 Å². The van der Waals surface area contributed by atoms with Gasteiger partial charge in [-0.25, -0.2) is 4.68 Å². The molecule has 2 aromatic rings. The first-order valence-electron chi connectivity index (χ1n) is 8.59. The molecule has 2 heterocycles. The van der Waals surface area contributed by atoms with Crippen LogP contribution in [0.1, 0.15) is 43.1 Å². The van der Waals surface area contributed by atoms with Gasteiger partial charge < -0.3 is 10.0 Å². The van der Waals surface area contributed by atoms with Gasteiger partial charge in [0, 0.05) is 25.0 Å². The fraction of sp³-hybridized carbons (Fsp3) is 0.500. The monoisotopic (exact) mass is 329 g/mol. The summed E-state index contributed by atoms with van der Waals surface area (Å²) < 4.78 is 1.41. The maximum absolute atomic E-state index is 12.8. The van der Waals surface area contributed by atoms with Crippen molar-refractivity contribution in [1.82, 2.24) is 14.7 Å². The Hall–Kier alpha value is -2.21. The summed E-state index contributed by atoms with van der Waals surface area (Å²) in [5.41, 5.74) is 0.149. The van der Waals surface area contributed by atoms with Crippen LogP contribution in [0.2, 0.25) is 0 Å². The molecule has 0 aliphatic carbocycles. The molecule has 0 bridgehead atoms. The van der Waals surface area contributed by atoms with E-state index < -0.39 is 6.10 Å². The van der Waals surface area contributed by atoms with E-state index in [1.165, 1.54) is 4.68 Å². The van der Waals surface area contributed by atoms with Crippen LogP contribution >= 0.6 is 0 Å². The minimum absolute atomic E-state index is 0.153. The molecule has 0 saturated carbocycles. The summed E-state index contributed by atoms with van der Waals surface area (Å²) in [5.74, 6) is -0.216. The number of carbonyl (C=O) groups excluding carboxylic acids is 1. The van der Waals surface area contributed by atoms with Gasteiger partial charge in [-0.1, -0.05) is 38.0 Å². The molecule has 0 spiro atoms. The highest BCUT2D eigenvalue weighted by Crippen LogP contribution is 2.18. The lowest BCUT2D eigenvalue weighted by atomic mass is 10.1. The molecule has 24 heavy (non-hydrogen) atoms. The van der Waals surface area contributed by atoms with Gasteiger partial charge in [0.25, 0.3) is 11.5 Å². The highest BCUT2D eigenvalue weighted by Gasteiger charge is 2.28. The molecule has 1 aromatic carbocycles. The average molecular weight is 329 g/mol. The van der Waals surface area contributed by atoms with Crippen molar-refractivity contribution in [3.63, 3.8) is 0 Å². The Morgan fingerprint density at radius 2 is 2.04 bits per heavy atom. The predicted molar refractivity (Wildman–Crippen MR) is 92.1 cm³/mol. The Bertz CT molecular complexity index is 800. The van der Waals surface area contributed by atoms with Gasteiger partial charge in [-0.3, -0.25) is 9.59 Å². The number of amides is 1. The molecule has 3 rings (SSSR count). The van der Waals surface area contributed by atoms with Crippen molar-refractivity contribution in [3.05, 3.63) is 40.3 Å². The number of β-amino-alcohol motifs (C(OH)–C–C–N with tert-alkyl or cyclic N) is 1. The number of aliphatic hydroxyl groups is 1. The number of fused-ring (bicyclic) bond motifs is 1. The summed E-state index contributed by atoms with van der Waals surface area (Å²) in [4.78, 5) is 27.1. The number of rotatable bonds is 5. The van der Waals surface area contributed by atoms with E-state index in [1.807, 2.05) is 0 Å². The molecule has 1 aliphatic rings. The lowest BCUT2D eigenvalue weighted by molar-refractivity contribution is 0.0758. The minimum Gasteiger partial charge on any atom is -0.391 e. The Morgan fingerprint density at radius 1 is 1.29 bits per heavy atom. The van der Waals surface area contributed by atoms with Gasteiger partial charge in [0.05, 0.1) is 11.5 Å². The second-order valence-corrected chi connectivity index (χ2v) is 6.32. The van der Waals surface area contributed by atoms with Gasteiger partial charge in [-0.2, -0.15) is 5.10 Å². The molecular weight excluding hydrogens is 306 g/mol. The summed E-state index contributed by atoms with van der Waals surface area (Å²) in [5, 5.41) is 15.2. The Labute approximate surface area is 140 Å². The first-order chi connectivity index (χ1) is 11.6. The predicted octanol–water partition coefficient (Wildman–Crippen LogP) is 1.79. The van der Waals surface area contributed by atoms with Crippen molar-refractivity contribution in [2.24, 2.45) is 0 Å². The average Bonchev–Trinajstić information content (AvgIpc) is 3.03. The molecule has 1 N–H and O–H groups in total. The Kier molecular flexibility index (Phi) is 4.94. The van der Waals surface area contributed by atoms with Crippen LogP contribution in [0.25, 0.3) is 10.8 Å². The first-order valence-corrected chi connectivity index (χ1v) is 8.59. The van der Waals surface area contributed by atoms with Crippen molar-refractivity contribution < 1.29 is 9.90 Å². The number of likely N-dealkylation sites (tertiary alicyclic amines) is 1. The first kappa shape index (κ1) is 16.6. The number of hydrogen-bond donors (Lipinski definition) is 1. The summed E-state index contributed by atoms with van der Waals surface area (Å²) in [7, 11) is 0. The Balaban J connectivity index is 2.03. The molecule has 128 valence electrons. The number of aryl methyl sites for hydroxylation is 1. The molecule has 6 heteroatoms. The van der Waals surface area contributed by atoms with E-state index >= 15 is 0 Å². The van der Waals surface area contributed by atoms with Gasteiger partial charge in [-0.05, 0) is 18.9 Å². The molecule has 6 nitrogen and oxygen atoms in total. The number of aliphatic hydroxyl groups excluding tert-OH is 1. The Morgan fingerprint density at radius 3 is 2.71 bits per heavy atom. The lowest BCUT2D eigenvalue weighted by Gasteiger charge is -2.17. The van der Waals surface area contributed by atoms with E-state index in [4.69, 9.17) is 0 Å². The van der Waals surface area contributed by atoms with Crippen LogP contribution in [0.3, 0.4) is 0 Å². The van der Waals surface area contributed by atoms with Gasteiger partial charge in [0.1, 0.15) is 0 Å². The molecule has 0 radical (unpaired) electrons. The molecular formula is C18H23N3O3. The maximum Gasteiger partial charge on any atom is 0.275 e. The van der Waals surface area contributed by atoms with Gasteiger partial charge in [0.2, 0.25) is 0 Å². The second kappa shape index (κ2) is 7.13. The van der Waals surface area contributed by atoms with Crippen LogP contribution in [-0.4, -0.2) is 44.9 Å². The third-order valence-corrected chi connectivity index (χ3v) is 4.49. The van der Waals surface area contributed by atoms with Crippen LogP contribution in [0.15, 0.2) is 29.1 Å². The van der Waals surface area contributed by atoms with Crippen LogP contribution < -0.4 is 5.56 Å². The van der Waals surface area contributed by atoms with E-state index in [1.54, 1.807) is 29.2 Å². The van der Waals surface area contributed by atoms with Crippen molar-refractivity contribution in [2.45, 2.75) is 45.3 Å². The van der Waals surface area contributed by atoms with E-state index in [9.17, 15) is 14.7 Å². The molecule has 1 amide bonds. The quantitative estimate of drug-likeness (QED) is 0.849. The SMILES string of the molecule is CCCCCn1nc(C(=O)N2CC[C@@H](O)C2)c2ccccc2c1=O. The molecule has 1 fully saturated rings. The van der Waals surface area contributed by atoms with Gasteiger partial charge in [-0.15, -0.1) is 0 Å². The van der Waals surface area contributed by atoms with Crippen molar-refractivity contribution in [2.75, 3.05) is 13.1 Å². The zero-order valence-corrected chi connectivity index (χ0v) is 13.9. The number of hydrogen-bond acceptors (Lipinski definition) is 4. The third-order valence-electron chi connectivity index (χ3n) is 4.49. The van der Waals surface area contributed by atoms with E-state index in [0.29, 0.717) is 42.5 Å². The fourth-order valence-electron chi connectivity index (χ4n) is 3.13. The summed E-state index contributed by atoms with van der Waals surface area (Å²) in [6.07, 6.45) is 3.04. The number of benzene rings is 1. The van der Waals surface area contributed by atoms with E-state index in [0.717, 1.165) is 19.3 Å². The standard InChI is InChI=1S/C18H23N3O3/c1-2-3-6-10-21-17(23)15-8-5-4-7-14(15)16(19-21)18(24)20-11-9-13(22)12-20/h4-5,7-8,13,22H,2-3,6,9-12H2,1H3/t13-/m1/s1. The van der Waals surface area contributed by atoms with Gasteiger partial charge in [0.15, 0.2) is 5.69 Å². The largest absolute Gasteiger partial charge is 0.391 e. The second-order valence-electron chi connectivity index (χ2n) is 6.32. The number of unbranched alkanes of at least 4 members (excludes halogenated alkanes) is 2. The smallest absolute Gasteiger partial charge is 0.275 e. The highest BCUT2D eigenvalue weighted by atomic mass is 16.3. The van der Waals surface area contributed by atoms with Gasteiger partial charge >= 0.3 is 0 Å². The zero-order chi connectivity index (χ0) is 17.1. The molecule has 1 saturated heterocycles. The van der Waals surface area contributed by atoms with Crippen LogP contribution in [0, 0.1) is 0 Å². The van der Waals surface area contributed by atoms with Crippen molar-refractivity contribution in [1.29, 1.82) is 0 Å². The van der Waals surface area contributed by atoms with E-state index in [-0.39, 0.29) is 11.5 Å². The van der Waals surface area contributed by atoms with Crippen molar-refractivity contribution in [3.8, 4) is 0 Å². The number of nitrogens with zero attached hydrogens (tertiary/aromatic N) is 3. The molecule has 1 aromatic heterocycles. The zero-order valence-electron chi connectivity index (χ0n) is 13.9. The minimum atomic E-state index is -0.476. The molecule has 1 aliphatic heterocycles. The van der Waals surface area contributed by atoms with E-state index in [2.05, 4.69) is 12.0 Å². The number of aromatic nitrogens is 2. The summed E-state index contributed by atoms with van der Waals surface area (Å²) >= 11 is 0. The lowest BCUT2D eigenvalue weighted by Crippen LogP contribution is -2.33. The molecule has 1 atom stereocenters. The van der Waals surface area contributed by atoms with Crippen molar-refractivity contribution >= 4 is 16.7 Å².